The number of aromatic nitrogens is 3. The number of rotatable bonds is 5. The van der Waals surface area contributed by atoms with E-state index in [1.54, 1.807) is 6.21 Å². The summed E-state index contributed by atoms with van der Waals surface area (Å²) >= 11 is 0. The monoisotopic (exact) mass is 401 g/mol. The molecule has 3 aromatic heterocycles. The van der Waals surface area contributed by atoms with Gasteiger partial charge in [0.2, 0.25) is 11.7 Å². The lowest BCUT2D eigenvalue weighted by Crippen LogP contribution is -2.07. The first-order valence-electron chi connectivity index (χ1n) is 9.45. The van der Waals surface area contributed by atoms with E-state index in [1.165, 1.54) is 24.3 Å². The molecule has 0 radical (unpaired) electrons. The van der Waals surface area contributed by atoms with Gasteiger partial charge >= 0.3 is 0 Å². The molecule has 0 aliphatic rings. The molecule has 0 aliphatic heterocycles. The number of fused-ring (bicyclic) bond motifs is 1. The average Bonchev–Trinajstić information content (AvgIpc) is 2.99. The Bertz CT molecular complexity index is 1250. The highest BCUT2D eigenvalue weighted by Gasteiger charge is 2.20. The highest BCUT2D eigenvalue weighted by atomic mass is 19.1. The minimum absolute atomic E-state index is 0.182. The summed E-state index contributed by atoms with van der Waals surface area (Å²) in [5.41, 5.74) is 7.91. The van der Waals surface area contributed by atoms with E-state index in [1.807, 2.05) is 55.6 Å². The zero-order chi connectivity index (χ0) is 21.3. The summed E-state index contributed by atoms with van der Waals surface area (Å²) < 4.78 is 15.1. The summed E-state index contributed by atoms with van der Waals surface area (Å²) in [6.07, 6.45) is 3.49. The van der Waals surface area contributed by atoms with E-state index in [-0.39, 0.29) is 11.6 Å². The molecule has 3 heterocycles. The fourth-order valence-electron chi connectivity index (χ4n) is 3.47. The Labute approximate surface area is 173 Å². The van der Waals surface area contributed by atoms with Gasteiger partial charge in [-0.2, -0.15) is 5.10 Å². The molecule has 0 amide bonds. The summed E-state index contributed by atoms with van der Waals surface area (Å²) in [7, 11) is 0. The van der Waals surface area contributed by atoms with Crippen molar-refractivity contribution in [3.63, 3.8) is 0 Å². The number of nitrogens with one attached hydrogen (secondary N) is 1. The lowest BCUT2D eigenvalue weighted by atomic mass is 10.0. The van der Waals surface area contributed by atoms with Crippen molar-refractivity contribution in [1.29, 1.82) is 0 Å². The van der Waals surface area contributed by atoms with Crippen LogP contribution in [0.1, 0.15) is 38.6 Å². The predicted molar refractivity (Wildman–Crippen MR) is 115 cm³/mol. The van der Waals surface area contributed by atoms with Gasteiger partial charge in [0, 0.05) is 28.7 Å². The number of hydrazone groups is 1. The van der Waals surface area contributed by atoms with Crippen LogP contribution in [0.15, 0.2) is 59.8 Å². The molecule has 6 nitrogen and oxygen atoms in total. The third-order valence-electron chi connectivity index (χ3n) is 4.80. The van der Waals surface area contributed by atoms with Gasteiger partial charge in [-0.25, -0.2) is 19.8 Å². The van der Waals surface area contributed by atoms with Crippen LogP contribution in [-0.4, -0.2) is 26.4 Å². The highest BCUT2D eigenvalue weighted by Crippen LogP contribution is 2.24. The third kappa shape index (κ3) is 3.69. The number of benzene rings is 1. The maximum Gasteiger partial charge on any atom is 0.243 e. The Morgan fingerprint density at radius 2 is 1.77 bits per heavy atom. The Morgan fingerprint density at radius 1 is 1.07 bits per heavy atom. The van der Waals surface area contributed by atoms with Crippen LogP contribution in [0, 0.1) is 26.6 Å². The molecule has 4 aromatic rings. The number of aryl methyl sites for hydroxylation is 2. The van der Waals surface area contributed by atoms with Crippen molar-refractivity contribution < 1.29 is 9.18 Å². The number of hydrogen-bond acceptors (Lipinski definition) is 5. The zero-order valence-electron chi connectivity index (χ0n) is 16.8. The topological polar surface area (TPSA) is 71.7 Å². The van der Waals surface area contributed by atoms with Crippen molar-refractivity contribution in [3.05, 3.63) is 94.3 Å². The summed E-state index contributed by atoms with van der Waals surface area (Å²) in [6, 6.07) is 13.1. The van der Waals surface area contributed by atoms with Crippen molar-refractivity contribution in [3.8, 4) is 0 Å². The standard InChI is InChI=1S/C23H20FN5O/c1-14-12-15(2)27-23(26-14)28-25-13-19-16(3)21(29-11-5-4-6-20(19)29)22(30)17-7-9-18(24)10-8-17/h4-13H,1-3H3,(H,26,27,28)/b25-13+. The fourth-order valence-corrected chi connectivity index (χ4v) is 3.47. The summed E-state index contributed by atoms with van der Waals surface area (Å²) in [5.74, 6) is -0.151. The van der Waals surface area contributed by atoms with E-state index >= 15 is 0 Å². The largest absolute Gasteiger partial charge is 0.313 e. The molecule has 0 bridgehead atoms. The van der Waals surface area contributed by atoms with Gasteiger partial charge in [-0.1, -0.05) is 6.07 Å². The van der Waals surface area contributed by atoms with E-state index in [0.29, 0.717) is 17.2 Å². The van der Waals surface area contributed by atoms with Crippen molar-refractivity contribution in [2.75, 3.05) is 5.43 Å². The Morgan fingerprint density at radius 3 is 2.47 bits per heavy atom. The van der Waals surface area contributed by atoms with Gasteiger partial charge in [0.25, 0.3) is 0 Å². The van der Waals surface area contributed by atoms with E-state index in [9.17, 15) is 9.18 Å². The summed E-state index contributed by atoms with van der Waals surface area (Å²) in [5, 5.41) is 4.29. The number of halogens is 1. The Balaban J connectivity index is 1.73. The molecular formula is C23H20FN5O. The van der Waals surface area contributed by atoms with Gasteiger partial charge < -0.3 is 4.40 Å². The second-order valence-corrected chi connectivity index (χ2v) is 7.02. The second-order valence-electron chi connectivity index (χ2n) is 7.02. The molecule has 0 atom stereocenters. The van der Waals surface area contributed by atoms with Crippen LogP contribution < -0.4 is 5.43 Å². The molecule has 0 saturated heterocycles. The number of anilines is 1. The second kappa shape index (κ2) is 7.87. The van der Waals surface area contributed by atoms with E-state index in [4.69, 9.17) is 0 Å². The van der Waals surface area contributed by atoms with Crippen molar-refractivity contribution >= 4 is 23.5 Å². The van der Waals surface area contributed by atoms with Crippen molar-refractivity contribution in [2.45, 2.75) is 20.8 Å². The number of hydrogen-bond donors (Lipinski definition) is 1. The molecule has 1 N–H and O–H groups in total. The van der Waals surface area contributed by atoms with Crippen LogP contribution in [-0.2, 0) is 0 Å². The quantitative estimate of drug-likeness (QED) is 0.304. The number of nitrogens with zero attached hydrogens (tertiary/aromatic N) is 4. The molecule has 0 fully saturated rings. The van der Waals surface area contributed by atoms with Crippen molar-refractivity contribution in [1.82, 2.24) is 14.4 Å². The van der Waals surface area contributed by atoms with Gasteiger partial charge in [-0.3, -0.25) is 4.79 Å². The van der Waals surface area contributed by atoms with Crippen LogP contribution in [0.3, 0.4) is 0 Å². The van der Waals surface area contributed by atoms with Crippen LogP contribution in [0.2, 0.25) is 0 Å². The molecule has 0 unspecified atom stereocenters. The molecule has 1 aromatic carbocycles. The number of carbonyl (C=O) groups is 1. The molecular weight excluding hydrogens is 381 g/mol. The van der Waals surface area contributed by atoms with Gasteiger partial charge in [0.1, 0.15) is 5.82 Å². The lowest BCUT2D eigenvalue weighted by molar-refractivity contribution is 0.103. The molecule has 0 aliphatic carbocycles. The first-order valence-corrected chi connectivity index (χ1v) is 9.45. The Kier molecular flexibility index (Phi) is 5.10. The number of ketones is 1. The van der Waals surface area contributed by atoms with Crippen molar-refractivity contribution in [2.24, 2.45) is 5.10 Å². The normalized spacial score (nSPS) is 11.3. The van der Waals surface area contributed by atoms with Gasteiger partial charge in [0.05, 0.1) is 17.4 Å². The Hall–Kier alpha value is -3.87. The zero-order valence-corrected chi connectivity index (χ0v) is 16.8. The first kappa shape index (κ1) is 19.4. The minimum Gasteiger partial charge on any atom is -0.313 e. The SMILES string of the molecule is Cc1cc(C)nc(N/N=C/c2c(C)c(C(=O)c3ccc(F)cc3)n3ccccc23)n1. The third-order valence-corrected chi connectivity index (χ3v) is 4.80. The maximum atomic E-state index is 13.3. The molecule has 0 spiro atoms. The number of pyridine rings is 1. The van der Waals surface area contributed by atoms with Crippen LogP contribution in [0.5, 0.6) is 0 Å². The van der Waals surface area contributed by atoms with Gasteiger partial charge in [-0.15, -0.1) is 0 Å². The predicted octanol–water partition coefficient (Wildman–Crippen LogP) is 4.47. The molecule has 150 valence electrons. The van der Waals surface area contributed by atoms with Gasteiger partial charge in [0.15, 0.2) is 0 Å². The van der Waals surface area contributed by atoms with E-state index < -0.39 is 0 Å². The molecule has 7 heteroatoms. The van der Waals surface area contributed by atoms with Crippen LogP contribution >= 0.6 is 0 Å². The average molecular weight is 401 g/mol. The van der Waals surface area contributed by atoms with E-state index in [2.05, 4.69) is 20.5 Å². The molecule has 30 heavy (non-hydrogen) atoms. The fraction of sp³-hybridized carbons (Fsp3) is 0.130. The smallest absolute Gasteiger partial charge is 0.243 e. The van der Waals surface area contributed by atoms with E-state index in [0.717, 1.165) is 28.0 Å². The van der Waals surface area contributed by atoms with Crippen LogP contribution in [0.25, 0.3) is 5.52 Å². The first-order chi connectivity index (χ1) is 14.4. The van der Waals surface area contributed by atoms with Gasteiger partial charge in [-0.05, 0) is 68.8 Å². The highest BCUT2D eigenvalue weighted by molar-refractivity contribution is 6.11. The lowest BCUT2D eigenvalue weighted by Gasteiger charge is -2.04. The maximum absolute atomic E-state index is 13.3. The molecule has 4 rings (SSSR count). The minimum atomic E-state index is -0.379. The molecule has 0 saturated carbocycles. The van der Waals surface area contributed by atoms with Crippen LogP contribution in [0.4, 0.5) is 10.3 Å². The summed E-state index contributed by atoms with van der Waals surface area (Å²) in [6.45, 7) is 5.66. The summed E-state index contributed by atoms with van der Waals surface area (Å²) in [4.78, 5) is 21.8. The number of carbonyl (C=O) groups excluding carboxylic acids is 1.